The van der Waals surface area contributed by atoms with Gasteiger partial charge >= 0.3 is 0 Å². The SMILES string of the molecule is NC(=O)/C(O)=C/C#Cc1cccc(NS(=O)(=O)c2ccccc2)c1. The van der Waals surface area contributed by atoms with Crippen LogP contribution in [0.1, 0.15) is 5.56 Å². The fraction of sp³-hybridized carbons (Fsp3) is 0. The van der Waals surface area contributed by atoms with Gasteiger partial charge in [-0.3, -0.25) is 9.52 Å². The lowest BCUT2D eigenvalue weighted by molar-refractivity contribution is -0.116. The molecular weight excluding hydrogens is 328 g/mol. The Morgan fingerprint density at radius 1 is 1.12 bits per heavy atom. The normalized spacial score (nSPS) is 11.2. The van der Waals surface area contributed by atoms with Crippen molar-refractivity contribution < 1.29 is 18.3 Å². The zero-order valence-electron chi connectivity index (χ0n) is 12.4. The van der Waals surface area contributed by atoms with Crippen molar-refractivity contribution in [1.29, 1.82) is 0 Å². The third-order valence-corrected chi connectivity index (χ3v) is 4.24. The van der Waals surface area contributed by atoms with Crippen molar-refractivity contribution in [2.45, 2.75) is 4.90 Å². The first-order chi connectivity index (χ1) is 11.4. The van der Waals surface area contributed by atoms with Crippen LogP contribution >= 0.6 is 0 Å². The van der Waals surface area contributed by atoms with E-state index in [0.717, 1.165) is 6.08 Å². The van der Waals surface area contributed by atoms with Gasteiger partial charge < -0.3 is 10.8 Å². The summed E-state index contributed by atoms with van der Waals surface area (Å²) in [5.74, 6) is 3.50. The van der Waals surface area contributed by atoms with Crippen LogP contribution in [0.4, 0.5) is 5.69 Å². The van der Waals surface area contributed by atoms with Crippen molar-refractivity contribution in [2.75, 3.05) is 4.72 Å². The topological polar surface area (TPSA) is 109 Å². The zero-order valence-corrected chi connectivity index (χ0v) is 13.2. The zero-order chi connectivity index (χ0) is 17.6. The highest BCUT2D eigenvalue weighted by Crippen LogP contribution is 2.16. The molecule has 0 aromatic heterocycles. The molecule has 4 N–H and O–H groups in total. The van der Waals surface area contributed by atoms with Crippen molar-refractivity contribution in [1.82, 2.24) is 0 Å². The van der Waals surface area contributed by atoms with Crippen LogP contribution in [-0.4, -0.2) is 19.4 Å². The van der Waals surface area contributed by atoms with Gasteiger partial charge in [-0.05, 0) is 30.3 Å². The number of carbonyl (C=O) groups excluding carboxylic acids is 1. The number of primary amides is 1. The molecule has 0 aliphatic carbocycles. The number of sulfonamides is 1. The Morgan fingerprint density at radius 2 is 1.83 bits per heavy atom. The van der Waals surface area contributed by atoms with Gasteiger partial charge in [0.05, 0.1) is 10.6 Å². The van der Waals surface area contributed by atoms with Crippen LogP contribution in [0.25, 0.3) is 0 Å². The van der Waals surface area contributed by atoms with Crippen molar-refractivity contribution in [3.8, 4) is 11.8 Å². The number of carbonyl (C=O) groups is 1. The van der Waals surface area contributed by atoms with Gasteiger partial charge in [-0.15, -0.1) is 0 Å². The molecule has 1 amide bonds. The highest BCUT2D eigenvalue weighted by Gasteiger charge is 2.13. The summed E-state index contributed by atoms with van der Waals surface area (Å²) in [4.78, 5) is 10.8. The number of allylic oxidation sites excluding steroid dienone is 1. The maximum atomic E-state index is 12.3. The predicted molar refractivity (Wildman–Crippen MR) is 90.5 cm³/mol. The molecule has 0 bridgehead atoms. The average Bonchev–Trinajstić information content (AvgIpc) is 2.55. The van der Waals surface area contributed by atoms with Gasteiger partial charge in [-0.2, -0.15) is 0 Å². The summed E-state index contributed by atoms with van der Waals surface area (Å²) in [7, 11) is -3.69. The number of nitrogens with one attached hydrogen (secondary N) is 1. The number of benzene rings is 2. The molecule has 2 rings (SSSR count). The molecule has 0 aliphatic heterocycles. The van der Waals surface area contributed by atoms with Gasteiger partial charge in [0.15, 0.2) is 5.76 Å². The molecule has 24 heavy (non-hydrogen) atoms. The lowest BCUT2D eigenvalue weighted by Gasteiger charge is -2.08. The fourth-order valence-electron chi connectivity index (χ4n) is 1.73. The largest absolute Gasteiger partial charge is 0.503 e. The van der Waals surface area contributed by atoms with Crippen molar-refractivity contribution in [3.63, 3.8) is 0 Å². The van der Waals surface area contributed by atoms with Crippen LogP contribution in [0.15, 0.2) is 71.3 Å². The summed E-state index contributed by atoms with van der Waals surface area (Å²) in [6.07, 6.45) is 0.975. The smallest absolute Gasteiger partial charge is 0.284 e. The van der Waals surface area contributed by atoms with Crippen LogP contribution < -0.4 is 10.5 Å². The Kier molecular flexibility index (Phi) is 5.24. The van der Waals surface area contributed by atoms with Crippen molar-refractivity contribution in [2.24, 2.45) is 5.73 Å². The van der Waals surface area contributed by atoms with E-state index < -0.39 is 21.7 Å². The molecule has 0 saturated carbocycles. The van der Waals surface area contributed by atoms with Crippen LogP contribution in [0, 0.1) is 11.8 Å². The number of hydrogen-bond donors (Lipinski definition) is 3. The van der Waals surface area contributed by atoms with Gasteiger partial charge in [0.1, 0.15) is 0 Å². The van der Waals surface area contributed by atoms with E-state index in [2.05, 4.69) is 16.6 Å². The summed E-state index contributed by atoms with van der Waals surface area (Å²) < 4.78 is 27.0. The van der Waals surface area contributed by atoms with Crippen LogP contribution in [0.5, 0.6) is 0 Å². The maximum absolute atomic E-state index is 12.3. The lowest BCUT2D eigenvalue weighted by Crippen LogP contribution is -2.13. The minimum atomic E-state index is -3.69. The Labute approximate surface area is 139 Å². The first-order valence-corrected chi connectivity index (χ1v) is 8.25. The molecule has 6 nitrogen and oxygen atoms in total. The Morgan fingerprint density at radius 3 is 2.50 bits per heavy atom. The maximum Gasteiger partial charge on any atom is 0.284 e. The van der Waals surface area contributed by atoms with Crippen LogP contribution in [-0.2, 0) is 14.8 Å². The molecule has 2 aromatic carbocycles. The number of aliphatic hydroxyl groups excluding tert-OH is 1. The molecule has 0 fully saturated rings. The highest BCUT2D eigenvalue weighted by atomic mass is 32.2. The molecule has 2 aromatic rings. The highest BCUT2D eigenvalue weighted by molar-refractivity contribution is 7.92. The van der Waals surface area contributed by atoms with E-state index >= 15 is 0 Å². The average molecular weight is 342 g/mol. The van der Waals surface area contributed by atoms with Crippen molar-refractivity contribution >= 4 is 21.6 Å². The molecular formula is C17H14N2O4S. The Balaban J connectivity index is 2.21. The van der Waals surface area contributed by atoms with E-state index in [1.807, 2.05) is 0 Å². The van der Waals surface area contributed by atoms with Gasteiger partial charge in [0.2, 0.25) is 0 Å². The van der Waals surface area contributed by atoms with E-state index in [9.17, 15) is 13.2 Å². The summed E-state index contributed by atoms with van der Waals surface area (Å²) in [6.45, 7) is 0. The van der Waals surface area contributed by atoms with Crippen molar-refractivity contribution in [3.05, 3.63) is 72.0 Å². The molecule has 0 spiro atoms. The molecule has 0 heterocycles. The van der Waals surface area contributed by atoms with E-state index in [1.165, 1.54) is 18.2 Å². The molecule has 0 unspecified atom stereocenters. The van der Waals surface area contributed by atoms with Gasteiger partial charge in [-0.25, -0.2) is 8.42 Å². The summed E-state index contributed by atoms with van der Waals surface area (Å²) in [5.41, 5.74) is 5.70. The first kappa shape index (κ1) is 17.1. The first-order valence-electron chi connectivity index (χ1n) is 6.77. The molecule has 0 atom stereocenters. The minimum absolute atomic E-state index is 0.149. The quantitative estimate of drug-likeness (QED) is 0.447. The van der Waals surface area contributed by atoms with E-state index in [1.54, 1.807) is 36.4 Å². The van der Waals surface area contributed by atoms with Gasteiger partial charge in [0.25, 0.3) is 15.9 Å². The van der Waals surface area contributed by atoms with Gasteiger partial charge in [-0.1, -0.05) is 36.1 Å². The summed E-state index contributed by atoms with van der Waals surface area (Å²) in [6, 6.07) is 14.4. The van der Waals surface area contributed by atoms with Crippen LogP contribution in [0.2, 0.25) is 0 Å². The molecule has 0 radical (unpaired) electrons. The number of rotatable bonds is 4. The number of anilines is 1. The second kappa shape index (κ2) is 7.35. The van der Waals surface area contributed by atoms with E-state index in [4.69, 9.17) is 10.8 Å². The Hall–Kier alpha value is -3.24. The molecule has 122 valence electrons. The number of hydrogen-bond acceptors (Lipinski definition) is 4. The predicted octanol–water partition coefficient (Wildman–Crippen LogP) is 1.77. The minimum Gasteiger partial charge on any atom is -0.503 e. The summed E-state index contributed by atoms with van der Waals surface area (Å²) >= 11 is 0. The third-order valence-electron chi connectivity index (χ3n) is 2.85. The second-order valence-corrected chi connectivity index (χ2v) is 6.34. The monoisotopic (exact) mass is 342 g/mol. The number of aliphatic hydroxyl groups is 1. The molecule has 7 heteroatoms. The summed E-state index contributed by atoms with van der Waals surface area (Å²) in [5, 5.41) is 9.13. The van der Waals surface area contributed by atoms with E-state index in [-0.39, 0.29) is 4.90 Å². The number of amides is 1. The standard InChI is InChI=1S/C17H14N2O4S/c18-17(21)16(20)11-5-7-13-6-4-8-14(12-13)19-24(22,23)15-9-2-1-3-10-15/h1-4,6,8-12,19-20H,(H2,18,21)/b16-11-. The molecule has 0 saturated heterocycles. The van der Waals surface area contributed by atoms with Gasteiger partial charge in [0, 0.05) is 11.6 Å². The molecule has 0 aliphatic rings. The fourth-order valence-corrected chi connectivity index (χ4v) is 2.80. The number of nitrogens with two attached hydrogens (primary N) is 1. The van der Waals surface area contributed by atoms with E-state index in [0.29, 0.717) is 11.3 Å². The lowest BCUT2D eigenvalue weighted by atomic mass is 10.2. The second-order valence-electron chi connectivity index (χ2n) is 4.66. The Bertz CT molecular complexity index is 939. The third kappa shape index (κ3) is 4.63. The van der Waals surface area contributed by atoms with Crippen LogP contribution in [0.3, 0.4) is 0 Å².